The van der Waals surface area contributed by atoms with Gasteiger partial charge in [0.05, 0.1) is 28.7 Å². The molecule has 144 valence electrons. The molecule has 0 radical (unpaired) electrons. The second-order valence-corrected chi connectivity index (χ2v) is 8.75. The molecule has 0 unspecified atom stereocenters. The van der Waals surface area contributed by atoms with Gasteiger partial charge in [-0.1, -0.05) is 35.2 Å². The van der Waals surface area contributed by atoms with Crippen LogP contribution in [0.4, 0.5) is 0 Å². The summed E-state index contributed by atoms with van der Waals surface area (Å²) < 4.78 is 8.02. The largest absolute Gasteiger partial charge is 0.507 e. The average molecular weight is 422 g/mol. The molecule has 9 heteroatoms. The average Bonchev–Trinajstić information content (AvgIpc) is 3.31. The van der Waals surface area contributed by atoms with Crippen molar-refractivity contribution in [3.05, 3.63) is 53.7 Å². The molecule has 3 aromatic heterocycles. The molecule has 0 atom stereocenters. The van der Waals surface area contributed by atoms with E-state index in [-0.39, 0.29) is 5.75 Å². The van der Waals surface area contributed by atoms with Gasteiger partial charge in [0.15, 0.2) is 4.34 Å². The lowest BCUT2D eigenvalue weighted by Gasteiger charge is -2.13. The Kier molecular flexibility index (Phi) is 4.33. The summed E-state index contributed by atoms with van der Waals surface area (Å²) in [6, 6.07) is 13.1. The molecule has 0 aliphatic heterocycles. The number of hydrogen-bond acceptors (Lipinski definition) is 8. The first kappa shape index (κ1) is 17.9. The molecular formula is C20H15N5O2S2. The summed E-state index contributed by atoms with van der Waals surface area (Å²) in [5.41, 5.74) is 3.20. The second kappa shape index (κ2) is 7.02. The fraction of sp³-hybridized carbons (Fsp3) is 0.100. The molecule has 0 saturated heterocycles. The first-order chi connectivity index (χ1) is 14.1. The Hall–Kier alpha value is -3.17. The summed E-state index contributed by atoms with van der Waals surface area (Å²) in [6.07, 6.45) is 1.77. The maximum Gasteiger partial charge on any atom is 0.235 e. The van der Waals surface area contributed by atoms with Crippen LogP contribution in [0, 0.1) is 6.92 Å². The van der Waals surface area contributed by atoms with Crippen LogP contribution in [0.2, 0.25) is 0 Å². The normalized spacial score (nSPS) is 11.4. The van der Waals surface area contributed by atoms with Crippen molar-refractivity contribution in [2.45, 2.75) is 16.2 Å². The van der Waals surface area contributed by atoms with Crippen LogP contribution >= 0.6 is 23.1 Å². The number of phenols is 1. The zero-order valence-corrected chi connectivity index (χ0v) is 17.2. The fourth-order valence-electron chi connectivity index (χ4n) is 3.19. The van der Waals surface area contributed by atoms with Crippen LogP contribution in [-0.4, -0.2) is 36.8 Å². The number of methoxy groups -OCH3 is 1. The molecule has 0 amide bonds. The van der Waals surface area contributed by atoms with Crippen molar-refractivity contribution < 1.29 is 9.84 Å². The number of phenolic OH excluding ortho intramolecular Hbond substituents is 1. The van der Waals surface area contributed by atoms with Gasteiger partial charge in [-0.05, 0) is 31.2 Å². The van der Waals surface area contributed by atoms with E-state index < -0.39 is 0 Å². The number of aryl methyl sites for hydroxylation is 1. The molecule has 0 saturated carbocycles. The maximum atomic E-state index is 10.8. The number of ether oxygens (including phenoxy) is 1. The van der Waals surface area contributed by atoms with E-state index in [0.717, 1.165) is 31.0 Å². The number of hydrogen-bond donors (Lipinski definition) is 1. The third-order valence-corrected chi connectivity index (χ3v) is 6.37. The van der Waals surface area contributed by atoms with Crippen LogP contribution < -0.4 is 4.74 Å². The smallest absolute Gasteiger partial charge is 0.235 e. The third-order valence-electron chi connectivity index (χ3n) is 4.46. The minimum atomic E-state index is 0.116. The highest BCUT2D eigenvalue weighted by molar-refractivity contribution is 8.01. The standard InChI is InChI=1S/C20H15N5O2S2/c1-11-23-24-20(28-11)29-17-10-21-19-22-14-5-3-4-6-15(14)25(19)18(17)13-8-7-12(27-2)9-16(13)26/h3-10,26H,1-2H3. The molecule has 0 bridgehead atoms. The highest BCUT2D eigenvalue weighted by Crippen LogP contribution is 2.42. The van der Waals surface area contributed by atoms with Crippen LogP contribution in [0.3, 0.4) is 0 Å². The van der Waals surface area contributed by atoms with Gasteiger partial charge in [0.2, 0.25) is 5.78 Å². The minimum Gasteiger partial charge on any atom is -0.507 e. The van der Waals surface area contributed by atoms with E-state index in [0.29, 0.717) is 17.1 Å². The molecule has 1 N–H and O–H groups in total. The van der Waals surface area contributed by atoms with Gasteiger partial charge in [-0.15, -0.1) is 10.2 Å². The number of rotatable bonds is 4. The Bertz CT molecular complexity index is 1360. The number of benzene rings is 2. The minimum absolute atomic E-state index is 0.116. The Morgan fingerprint density at radius 3 is 2.76 bits per heavy atom. The van der Waals surface area contributed by atoms with Crippen LogP contribution in [-0.2, 0) is 0 Å². The first-order valence-corrected chi connectivity index (χ1v) is 10.4. The number of nitrogens with zero attached hydrogens (tertiary/aromatic N) is 5. The molecule has 0 fully saturated rings. The van der Waals surface area contributed by atoms with Gasteiger partial charge in [-0.2, -0.15) is 0 Å². The molecule has 0 spiro atoms. The fourth-order valence-corrected chi connectivity index (χ4v) is 5.08. The van der Waals surface area contributed by atoms with Crippen LogP contribution in [0.25, 0.3) is 28.1 Å². The van der Waals surface area contributed by atoms with Gasteiger partial charge >= 0.3 is 0 Å². The highest BCUT2D eigenvalue weighted by atomic mass is 32.2. The predicted molar refractivity (Wildman–Crippen MR) is 113 cm³/mol. The van der Waals surface area contributed by atoms with E-state index in [4.69, 9.17) is 4.74 Å². The monoisotopic (exact) mass is 421 g/mol. The zero-order chi connectivity index (χ0) is 20.0. The summed E-state index contributed by atoms with van der Waals surface area (Å²) in [5.74, 6) is 1.26. The highest BCUT2D eigenvalue weighted by Gasteiger charge is 2.20. The van der Waals surface area contributed by atoms with Crippen molar-refractivity contribution in [2.24, 2.45) is 0 Å². The number of fused-ring (bicyclic) bond motifs is 3. The van der Waals surface area contributed by atoms with E-state index in [1.807, 2.05) is 47.7 Å². The van der Waals surface area contributed by atoms with Gasteiger partial charge in [0, 0.05) is 17.8 Å². The third kappa shape index (κ3) is 3.08. The maximum absolute atomic E-state index is 10.8. The van der Waals surface area contributed by atoms with Gasteiger partial charge in [0.25, 0.3) is 0 Å². The van der Waals surface area contributed by atoms with Crippen molar-refractivity contribution in [3.8, 4) is 22.8 Å². The molecule has 0 aliphatic rings. The first-order valence-electron chi connectivity index (χ1n) is 8.75. The number of imidazole rings is 1. The van der Waals surface area contributed by atoms with E-state index in [9.17, 15) is 5.11 Å². The van der Waals surface area contributed by atoms with Crippen molar-refractivity contribution in [1.29, 1.82) is 0 Å². The number of aromatic hydroxyl groups is 1. The van der Waals surface area contributed by atoms with E-state index in [2.05, 4.69) is 20.2 Å². The Morgan fingerprint density at radius 1 is 1.14 bits per heavy atom. The predicted octanol–water partition coefficient (Wildman–Crippen LogP) is 4.57. The van der Waals surface area contributed by atoms with Crippen molar-refractivity contribution in [1.82, 2.24) is 24.6 Å². The van der Waals surface area contributed by atoms with Crippen molar-refractivity contribution >= 4 is 39.9 Å². The molecule has 5 rings (SSSR count). The summed E-state index contributed by atoms with van der Waals surface area (Å²) in [5, 5.41) is 20.0. The zero-order valence-electron chi connectivity index (χ0n) is 15.5. The van der Waals surface area contributed by atoms with E-state index >= 15 is 0 Å². The van der Waals surface area contributed by atoms with Crippen LogP contribution in [0.15, 0.2) is 57.9 Å². The molecule has 2 aromatic carbocycles. The Labute approximate surface area is 174 Å². The molecule has 7 nitrogen and oxygen atoms in total. The van der Waals surface area contributed by atoms with E-state index in [1.165, 1.54) is 23.1 Å². The SMILES string of the molecule is COc1ccc(-c2c(Sc3nnc(C)s3)cnc3nc4ccccc4n23)c(O)c1. The van der Waals surface area contributed by atoms with Gasteiger partial charge in [0.1, 0.15) is 16.5 Å². The molecular weight excluding hydrogens is 406 g/mol. The van der Waals surface area contributed by atoms with Gasteiger partial charge < -0.3 is 9.84 Å². The molecule has 3 heterocycles. The molecule has 5 aromatic rings. The van der Waals surface area contributed by atoms with Gasteiger partial charge in [-0.25, -0.2) is 9.97 Å². The topological polar surface area (TPSA) is 85.4 Å². The lowest BCUT2D eigenvalue weighted by Crippen LogP contribution is -1.98. The van der Waals surface area contributed by atoms with Crippen LogP contribution in [0.1, 0.15) is 5.01 Å². The van der Waals surface area contributed by atoms with Crippen molar-refractivity contribution in [2.75, 3.05) is 7.11 Å². The molecule has 29 heavy (non-hydrogen) atoms. The van der Waals surface area contributed by atoms with E-state index in [1.54, 1.807) is 19.4 Å². The Morgan fingerprint density at radius 2 is 2.00 bits per heavy atom. The second-order valence-electron chi connectivity index (χ2n) is 6.28. The van der Waals surface area contributed by atoms with Crippen LogP contribution in [0.5, 0.6) is 11.5 Å². The summed E-state index contributed by atoms with van der Waals surface area (Å²) >= 11 is 2.98. The van der Waals surface area contributed by atoms with Crippen molar-refractivity contribution in [3.63, 3.8) is 0 Å². The number of para-hydroxylation sites is 2. The quantitative estimate of drug-likeness (QED) is 0.455. The lowest BCUT2D eigenvalue weighted by molar-refractivity contribution is 0.408. The number of aromatic nitrogens is 5. The molecule has 0 aliphatic carbocycles. The Balaban J connectivity index is 1.82. The summed E-state index contributed by atoms with van der Waals surface area (Å²) in [6.45, 7) is 1.92. The lowest BCUT2D eigenvalue weighted by atomic mass is 10.1. The van der Waals surface area contributed by atoms with Gasteiger partial charge in [-0.3, -0.25) is 4.40 Å². The summed E-state index contributed by atoms with van der Waals surface area (Å²) in [4.78, 5) is 10.0. The summed E-state index contributed by atoms with van der Waals surface area (Å²) in [7, 11) is 1.57.